The number of fused-ring (bicyclic) bond motifs is 4. The first-order valence-corrected chi connectivity index (χ1v) is 9.73. The van der Waals surface area contributed by atoms with Crippen LogP contribution in [0.1, 0.15) is 54.9 Å². The lowest BCUT2D eigenvalue weighted by Gasteiger charge is -2.27. The van der Waals surface area contributed by atoms with Crippen LogP contribution in [0.3, 0.4) is 0 Å². The Bertz CT molecular complexity index is 720. The number of hydrogen-bond donors (Lipinski definition) is 0. The third-order valence-electron chi connectivity index (χ3n) is 5.07. The lowest BCUT2D eigenvalue weighted by Crippen LogP contribution is -2.13. The summed E-state index contributed by atoms with van der Waals surface area (Å²) in [7, 11) is 0. The summed E-state index contributed by atoms with van der Waals surface area (Å²) in [5.74, 6) is 3.25. The van der Waals surface area contributed by atoms with E-state index in [1.54, 1.807) is 0 Å². The van der Waals surface area contributed by atoms with E-state index < -0.39 is 0 Å². The van der Waals surface area contributed by atoms with Crippen LogP contribution in [0.25, 0.3) is 0 Å². The van der Waals surface area contributed by atoms with Crippen LogP contribution >= 0.6 is 11.8 Å². The summed E-state index contributed by atoms with van der Waals surface area (Å²) in [5, 5.41) is 0. The molecular weight excluding hydrogens is 300 g/mol. The van der Waals surface area contributed by atoms with Gasteiger partial charge in [-0.1, -0.05) is 44.2 Å². The monoisotopic (exact) mass is 324 g/mol. The van der Waals surface area contributed by atoms with Crippen LogP contribution in [-0.4, -0.2) is 6.61 Å². The van der Waals surface area contributed by atoms with Crippen molar-refractivity contribution in [1.82, 2.24) is 0 Å². The van der Waals surface area contributed by atoms with Crippen molar-refractivity contribution in [3.63, 3.8) is 0 Å². The average Bonchev–Trinajstić information content (AvgIpc) is 2.88. The normalized spacial score (nSPS) is 19.9. The van der Waals surface area contributed by atoms with E-state index in [1.807, 2.05) is 11.8 Å². The minimum Gasteiger partial charge on any atom is -0.493 e. The summed E-state index contributed by atoms with van der Waals surface area (Å²) in [5.41, 5.74) is 5.83. The first kappa shape index (κ1) is 15.1. The zero-order chi connectivity index (χ0) is 15.8. The molecule has 120 valence electrons. The Morgan fingerprint density at radius 3 is 2.74 bits per heavy atom. The topological polar surface area (TPSA) is 9.23 Å². The molecule has 0 spiro atoms. The van der Waals surface area contributed by atoms with E-state index >= 15 is 0 Å². The second kappa shape index (κ2) is 6.24. The van der Waals surface area contributed by atoms with E-state index in [2.05, 4.69) is 50.2 Å². The van der Waals surface area contributed by atoms with E-state index in [1.165, 1.54) is 45.7 Å². The van der Waals surface area contributed by atoms with Crippen molar-refractivity contribution in [2.24, 2.45) is 5.92 Å². The quantitative estimate of drug-likeness (QED) is 0.656. The molecule has 0 aliphatic carbocycles. The number of hydrogen-bond acceptors (Lipinski definition) is 2. The van der Waals surface area contributed by atoms with E-state index in [4.69, 9.17) is 4.74 Å². The molecule has 0 amide bonds. The Hall–Kier alpha value is -1.41. The molecule has 0 fully saturated rings. The number of thioether (sulfide) groups is 1. The molecule has 2 aliphatic heterocycles. The molecule has 4 rings (SSSR count). The van der Waals surface area contributed by atoms with Crippen molar-refractivity contribution >= 4 is 11.8 Å². The van der Waals surface area contributed by atoms with E-state index in [-0.39, 0.29) is 0 Å². The Morgan fingerprint density at radius 1 is 1.04 bits per heavy atom. The highest BCUT2D eigenvalue weighted by Crippen LogP contribution is 2.48. The molecule has 2 aromatic carbocycles. The predicted molar refractivity (Wildman–Crippen MR) is 97.6 cm³/mol. The maximum Gasteiger partial charge on any atom is 0.126 e. The highest BCUT2D eigenvalue weighted by molar-refractivity contribution is 7.98. The van der Waals surface area contributed by atoms with Gasteiger partial charge in [0, 0.05) is 22.1 Å². The number of ether oxygens (including phenoxy) is 1. The zero-order valence-corrected chi connectivity index (χ0v) is 14.8. The van der Waals surface area contributed by atoms with Crippen LogP contribution in [0.15, 0.2) is 41.3 Å². The molecule has 0 N–H and O–H groups in total. The van der Waals surface area contributed by atoms with Crippen molar-refractivity contribution in [2.45, 2.75) is 49.7 Å². The van der Waals surface area contributed by atoms with E-state index in [9.17, 15) is 0 Å². The lowest BCUT2D eigenvalue weighted by atomic mass is 9.79. The highest BCUT2D eigenvalue weighted by Gasteiger charge is 2.31. The van der Waals surface area contributed by atoms with Gasteiger partial charge in [0.2, 0.25) is 0 Å². The number of rotatable bonds is 1. The Balaban J connectivity index is 1.95. The van der Waals surface area contributed by atoms with Gasteiger partial charge in [0.05, 0.1) is 6.61 Å². The second-order valence-corrected chi connectivity index (χ2v) is 8.00. The SMILES string of the molecule is CC(C)C1c2ccccc2SCc2ccc3c(c21)OCCCC3. The fourth-order valence-corrected chi connectivity index (χ4v) is 5.08. The first-order valence-electron chi connectivity index (χ1n) is 8.75. The van der Waals surface area contributed by atoms with Gasteiger partial charge in [-0.3, -0.25) is 0 Å². The summed E-state index contributed by atoms with van der Waals surface area (Å²) in [6, 6.07) is 13.6. The largest absolute Gasteiger partial charge is 0.493 e. The summed E-state index contributed by atoms with van der Waals surface area (Å²) >= 11 is 1.97. The molecule has 0 saturated carbocycles. The minimum atomic E-state index is 0.434. The molecule has 2 heterocycles. The lowest BCUT2D eigenvalue weighted by molar-refractivity contribution is 0.310. The third kappa shape index (κ3) is 2.67. The predicted octanol–water partition coefficient (Wildman–Crippen LogP) is 5.80. The summed E-state index contributed by atoms with van der Waals surface area (Å²) in [4.78, 5) is 1.43. The summed E-state index contributed by atoms with van der Waals surface area (Å²) in [6.45, 7) is 5.55. The molecule has 0 radical (unpaired) electrons. The maximum absolute atomic E-state index is 6.29. The highest BCUT2D eigenvalue weighted by atomic mass is 32.2. The van der Waals surface area contributed by atoms with Crippen molar-refractivity contribution < 1.29 is 4.74 Å². The van der Waals surface area contributed by atoms with Crippen LogP contribution in [0.4, 0.5) is 0 Å². The van der Waals surface area contributed by atoms with Gasteiger partial charge in [-0.05, 0) is 47.9 Å². The Kier molecular flexibility index (Phi) is 4.11. The van der Waals surface area contributed by atoms with E-state index in [0.717, 1.165) is 18.8 Å². The van der Waals surface area contributed by atoms with E-state index in [0.29, 0.717) is 11.8 Å². The smallest absolute Gasteiger partial charge is 0.126 e. The Labute approximate surface area is 143 Å². The van der Waals surface area contributed by atoms with Crippen LogP contribution in [0, 0.1) is 5.92 Å². The molecule has 2 heteroatoms. The minimum absolute atomic E-state index is 0.434. The molecule has 0 saturated heterocycles. The molecule has 23 heavy (non-hydrogen) atoms. The molecule has 1 nitrogen and oxygen atoms in total. The molecule has 0 aromatic heterocycles. The van der Waals surface area contributed by atoms with Gasteiger partial charge in [-0.25, -0.2) is 0 Å². The standard InChI is InChI=1S/C21H24OS/c1-14(2)19-17-8-3-4-9-18(17)23-13-16-11-10-15-7-5-6-12-22-21(15)20(16)19/h3-4,8-11,14,19H,5-7,12-13H2,1-2H3. The first-order chi connectivity index (χ1) is 11.3. The number of aryl methyl sites for hydroxylation is 1. The van der Waals surface area contributed by atoms with Crippen LogP contribution in [0.2, 0.25) is 0 Å². The van der Waals surface area contributed by atoms with Crippen molar-refractivity contribution in [3.05, 3.63) is 58.7 Å². The molecular formula is C21H24OS. The van der Waals surface area contributed by atoms with Crippen molar-refractivity contribution in [2.75, 3.05) is 6.61 Å². The Morgan fingerprint density at radius 2 is 1.87 bits per heavy atom. The number of benzene rings is 2. The van der Waals surface area contributed by atoms with Crippen LogP contribution < -0.4 is 4.74 Å². The van der Waals surface area contributed by atoms with Crippen molar-refractivity contribution in [3.8, 4) is 5.75 Å². The van der Waals surface area contributed by atoms with Crippen LogP contribution in [-0.2, 0) is 12.2 Å². The molecule has 0 bridgehead atoms. The fraction of sp³-hybridized carbons (Fsp3) is 0.429. The molecule has 1 unspecified atom stereocenters. The van der Waals surface area contributed by atoms with Gasteiger partial charge in [0.15, 0.2) is 0 Å². The maximum atomic E-state index is 6.29. The zero-order valence-electron chi connectivity index (χ0n) is 14.0. The molecule has 2 aromatic rings. The van der Waals surface area contributed by atoms with Crippen LogP contribution in [0.5, 0.6) is 5.75 Å². The molecule has 2 aliphatic rings. The van der Waals surface area contributed by atoms with Gasteiger partial charge in [-0.15, -0.1) is 11.8 Å². The van der Waals surface area contributed by atoms with Gasteiger partial charge in [0.25, 0.3) is 0 Å². The third-order valence-corrected chi connectivity index (χ3v) is 6.21. The summed E-state index contributed by atoms with van der Waals surface area (Å²) in [6.07, 6.45) is 3.56. The van der Waals surface area contributed by atoms with Crippen molar-refractivity contribution in [1.29, 1.82) is 0 Å². The summed E-state index contributed by atoms with van der Waals surface area (Å²) < 4.78 is 6.29. The van der Waals surface area contributed by atoms with Gasteiger partial charge in [0.1, 0.15) is 5.75 Å². The second-order valence-electron chi connectivity index (χ2n) is 6.98. The van der Waals surface area contributed by atoms with Gasteiger partial charge >= 0.3 is 0 Å². The van der Waals surface area contributed by atoms with Gasteiger partial charge in [-0.2, -0.15) is 0 Å². The van der Waals surface area contributed by atoms with Gasteiger partial charge < -0.3 is 4.74 Å². The molecule has 1 atom stereocenters. The average molecular weight is 324 g/mol. The fourth-order valence-electron chi connectivity index (χ4n) is 3.98.